The summed E-state index contributed by atoms with van der Waals surface area (Å²) in [6.45, 7) is 0. The third-order valence-corrected chi connectivity index (χ3v) is 4.23. The maximum atomic E-state index is 12.2. The predicted molar refractivity (Wildman–Crippen MR) is 91.4 cm³/mol. The lowest BCUT2D eigenvalue weighted by molar-refractivity contribution is 0.102. The normalized spacial score (nSPS) is 14.4. The second-order valence-corrected chi connectivity index (χ2v) is 6.17. The summed E-state index contributed by atoms with van der Waals surface area (Å²) in [5, 5.41) is 11.0. The Morgan fingerprint density at radius 2 is 2.21 bits per heavy atom. The van der Waals surface area contributed by atoms with Crippen molar-refractivity contribution in [1.29, 1.82) is 0 Å². The number of rotatable bonds is 4. The van der Waals surface area contributed by atoms with E-state index in [-0.39, 0.29) is 11.9 Å². The van der Waals surface area contributed by atoms with Crippen LogP contribution < -0.4 is 10.6 Å². The average molecular weight is 343 g/mol. The Hall–Kier alpha value is -2.67. The largest absolute Gasteiger partial charge is 0.367 e. The van der Waals surface area contributed by atoms with E-state index in [2.05, 4.69) is 25.7 Å². The number of amides is 1. The van der Waals surface area contributed by atoms with Gasteiger partial charge in [0, 0.05) is 29.5 Å². The van der Waals surface area contributed by atoms with Gasteiger partial charge >= 0.3 is 0 Å². The molecule has 24 heavy (non-hydrogen) atoms. The first kappa shape index (κ1) is 14.9. The van der Waals surface area contributed by atoms with Crippen LogP contribution in [0.4, 0.5) is 11.8 Å². The molecule has 2 N–H and O–H groups in total. The topological polar surface area (TPSA) is 84.2 Å². The Morgan fingerprint density at radius 1 is 1.33 bits per heavy atom. The molecule has 8 heteroatoms. The van der Waals surface area contributed by atoms with Gasteiger partial charge in [0.25, 0.3) is 5.91 Å². The van der Waals surface area contributed by atoms with Gasteiger partial charge in [0.2, 0.25) is 5.95 Å². The smallest absolute Gasteiger partial charge is 0.259 e. The van der Waals surface area contributed by atoms with Crippen LogP contribution in [0.3, 0.4) is 0 Å². The summed E-state index contributed by atoms with van der Waals surface area (Å²) < 4.78 is 1.66. The minimum Gasteiger partial charge on any atom is -0.367 e. The van der Waals surface area contributed by atoms with Crippen molar-refractivity contribution in [3.63, 3.8) is 0 Å². The molecule has 4 rings (SSSR count). The van der Waals surface area contributed by atoms with Gasteiger partial charge < -0.3 is 5.32 Å². The lowest BCUT2D eigenvalue weighted by Crippen LogP contribution is -2.28. The second kappa shape index (κ2) is 6.09. The molecule has 3 aromatic heterocycles. The van der Waals surface area contributed by atoms with E-state index >= 15 is 0 Å². The summed E-state index contributed by atoms with van der Waals surface area (Å²) in [6.07, 6.45) is 6.59. The van der Waals surface area contributed by atoms with Crippen molar-refractivity contribution in [3.8, 4) is 0 Å². The van der Waals surface area contributed by atoms with Crippen LogP contribution in [0.25, 0.3) is 5.65 Å². The molecule has 122 valence electrons. The summed E-state index contributed by atoms with van der Waals surface area (Å²) in [5.41, 5.74) is 1.02. The van der Waals surface area contributed by atoms with Crippen molar-refractivity contribution in [2.75, 3.05) is 10.6 Å². The summed E-state index contributed by atoms with van der Waals surface area (Å²) in [7, 11) is 0. The molecule has 1 amide bonds. The number of halogens is 1. The van der Waals surface area contributed by atoms with Gasteiger partial charge in [-0.2, -0.15) is 9.50 Å². The molecule has 1 aliphatic rings. The number of nitrogens with zero attached hydrogens (tertiary/aromatic N) is 4. The van der Waals surface area contributed by atoms with Gasteiger partial charge in [-0.05, 0) is 37.5 Å². The van der Waals surface area contributed by atoms with Crippen LogP contribution in [0, 0.1) is 0 Å². The molecule has 0 bridgehead atoms. The third kappa shape index (κ3) is 2.90. The van der Waals surface area contributed by atoms with E-state index in [1.165, 1.54) is 12.6 Å². The molecule has 0 saturated heterocycles. The molecule has 3 aromatic rings. The fourth-order valence-electron chi connectivity index (χ4n) is 2.54. The van der Waals surface area contributed by atoms with E-state index < -0.39 is 0 Å². The number of nitrogens with one attached hydrogen (secondary N) is 2. The highest BCUT2D eigenvalue weighted by Gasteiger charge is 2.19. The molecular weight excluding hydrogens is 328 g/mol. The maximum absolute atomic E-state index is 12.2. The first-order chi connectivity index (χ1) is 11.7. The lowest BCUT2D eigenvalue weighted by atomic mass is 9.93. The molecule has 0 atom stereocenters. The number of hydrogen-bond acceptors (Lipinski definition) is 5. The minimum atomic E-state index is -0.307. The highest BCUT2D eigenvalue weighted by molar-refractivity contribution is 6.31. The summed E-state index contributed by atoms with van der Waals surface area (Å²) >= 11 is 6.16. The number of carbonyl (C=O) groups is 1. The molecule has 0 spiro atoms. The molecule has 0 unspecified atom stereocenters. The van der Waals surface area contributed by atoms with E-state index in [1.807, 2.05) is 6.07 Å². The van der Waals surface area contributed by atoms with Gasteiger partial charge in [0.1, 0.15) is 5.82 Å². The van der Waals surface area contributed by atoms with Crippen molar-refractivity contribution in [1.82, 2.24) is 19.6 Å². The number of carbonyl (C=O) groups excluding carboxylic acids is 1. The number of fused-ring (bicyclic) bond motifs is 1. The molecule has 3 heterocycles. The first-order valence-electron chi connectivity index (χ1n) is 7.73. The van der Waals surface area contributed by atoms with Gasteiger partial charge in [0.05, 0.1) is 5.56 Å². The van der Waals surface area contributed by atoms with Gasteiger partial charge in [-0.1, -0.05) is 11.6 Å². The van der Waals surface area contributed by atoms with Gasteiger partial charge in [-0.3, -0.25) is 15.1 Å². The van der Waals surface area contributed by atoms with Gasteiger partial charge in [-0.15, -0.1) is 5.10 Å². The fraction of sp³-hybridized carbons (Fsp3) is 0.250. The third-order valence-electron chi connectivity index (χ3n) is 4.01. The molecule has 0 radical (unpaired) electrons. The highest BCUT2D eigenvalue weighted by atomic mass is 35.5. The highest BCUT2D eigenvalue weighted by Crippen LogP contribution is 2.26. The summed E-state index contributed by atoms with van der Waals surface area (Å²) in [6, 6.07) is 7.34. The lowest BCUT2D eigenvalue weighted by Gasteiger charge is -2.27. The fourth-order valence-corrected chi connectivity index (χ4v) is 2.74. The van der Waals surface area contributed by atoms with Crippen LogP contribution in [0.1, 0.15) is 29.6 Å². The van der Waals surface area contributed by atoms with Gasteiger partial charge in [0.15, 0.2) is 5.65 Å². The number of pyridine rings is 2. The molecule has 1 fully saturated rings. The monoisotopic (exact) mass is 342 g/mol. The molecule has 0 aromatic carbocycles. The Kier molecular flexibility index (Phi) is 3.78. The number of anilines is 2. The van der Waals surface area contributed by atoms with E-state index in [0.29, 0.717) is 22.3 Å². The van der Waals surface area contributed by atoms with E-state index in [9.17, 15) is 4.79 Å². The zero-order chi connectivity index (χ0) is 16.5. The van der Waals surface area contributed by atoms with Crippen LogP contribution in [0.15, 0.2) is 36.7 Å². The zero-order valence-corrected chi connectivity index (χ0v) is 13.5. The van der Waals surface area contributed by atoms with Crippen LogP contribution in [-0.2, 0) is 0 Å². The van der Waals surface area contributed by atoms with Crippen molar-refractivity contribution in [2.45, 2.75) is 25.3 Å². The SMILES string of the molecule is O=C(Nc1nc2cc(Cl)cc(NC3CCC3)n2n1)c1cccnc1. The molecular formula is C16H15ClN6O. The molecule has 7 nitrogen and oxygen atoms in total. The average Bonchev–Trinajstić information content (AvgIpc) is 2.93. The van der Waals surface area contributed by atoms with Gasteiger partial charge in [-0.25, -0.2) is 0 Å². The Labute approximate surface area is 143 Å². The van der Waals surface area contributed by atoms with Crippen LogP contribution in [-0.4, -0.2) is 31.5 Å². The summed E-state index contributed by atoms with van der Waals surface area (Å²) in [5.74, 6) is 0.693. The second-order valence-electron chi connectivity index (χ2n) is 5.73. The molecule has 1 saturated carbocycles. The standard InChI is InChI=1S/C16H15ClN6O/c17-11-7-13(19-12-4-1-5-12)23-14(8-11)20-16(22-23)21-15(24)10-3-2-6-18-9-10/h2-3,6-9,12,19H,1,4-5H2,(H,21,22,24). The van der Waals surface area contributed by atoms with Crippen molar-refractivity contribution < 1.29 is 4.79 Å². The maximum Gasteiger partial charge on any atom is 0.259 e. The van der Waals surface area contributed by atoms with Crippen LogP contribution >= 0.6 is 11.6 Å². The van der Waals surface area contributed by atoms with E-state index in [1.54, 1.807) is 28.9 Å². The van der Waals surface area contributed by atoms with E-state index in [4.69, 9.17) is 11.6 Å². The predicted octanol–water partition coefficient (Wildman–Crippen LogP) is 2.99. The Balaban J connectivity index is 1.62. The van der Waals surface area contributed by atoms with Crippen molar-refractivity contribution in [3.05, 3.63) is 47.2 Å². The van der Waals surface area contributed by atoms with E-state index in [0.717, 1.165) is 18.7 Å². The molecule has 0 aliphatic heterocycles. The van der Waals surface area contributed by atoms with Crippen molar-refractivity contribution in [2.24, 2.45) is 0 Å². The Bertz CT molecular complexity index is 890. The minimum absolute atomic E-state index is 0.225. The molecule has 1 aliphatic carbocycles. The number of hydrogen-bond donors (Lipinski definition) is 2. The number of aromatic nitrogens is 4. The summed E-state index contributed by atoms with van der Waals surface area (Å²) in [4.78, 5) is 20.4. The Morgan fingerprint density at radius 3 is 2.92 bits per heavy atom. The van der Waals surface area contributed by atoms with Crippen molar-refractivity contribution >= 4 is 34.9 Å². The van der Waals surface area contributed by atoms with Crippen LogP contribution in [0.2, 0.25) is 5.02 Å². The zero-order valence-electron chi connectivity index (χ0n) is 12.7. The quantitative estimate of drug-likeness (QED) is 0.761. The van der Waals surface area contributed by atoms with Crippen LogP contribution in [0.5, 0.6) is 0 Å². The first-order valence-corrected chi connectivity index (χ1v) is 8.11.